The second kappa shape index (κ2) is 5.59. The van der Waals surface area contributed by atoms with Crippen molar-refractivity contribution < 1.29 is 30.7 Å². The third kappa shape index (κ3) is 2.03. The highest BCUT2D eigenvalue weighted by Gasteiger charge is 2.41. The van der Waals surface area contributed by atoms with Crippen molar-refractivity contribution in [2.75, 3.05) is 0 Å². The Morgan fingerprint density at radius 3 is 1.77 bits per heavy atom. The summed E-state index contributed by atoms with van der Waals surface area (Å²) >= 11 is 0. The Morgan fingerprint density at radius 2 is 1.08 bits per heavy atom. The minimum atomic E-state index is -2.10. The van der Waals surface area contributed by atoms with Gasteiger partial charge in [-0.15, -0.1) is 0 Å². The molecule has 26 heavy (non-hydrogen) atoms. The van der Waals surface area contributed by atoms with Gasteiger partial charge >= 0.3 is 0 Å². The van der Waals surface area contributed by atoms with Crippen LogP contribution in [-0.4, -0.2) is 0 Å². The van der Waals surface area contributed by atoms with Crippen LogP contribution in [0.25, 0.3) is 11.1 Å². The van der Waals surface area contributed by atoms with Gasteiger partial charge in [0.1, 0.15) is 5.82 Å². The average Bonchev–Trinajstić information content (AvgIpc) is 2.97. The van der Waals surface area contributed by atoms with E-state index in [1.807, 2.05) is 0 Å². The zero-order chi connectivity index (χ0) is 18.7. The van der Waals surface area contributed by atoms with Crippen LogP contribution in [0.15, 0.2) is 36.4 Å². The smallest absolute Gasteiger partial charge is 0.198 e. The van der Waals surface area contributed by atoms with E-state index in [1.54, 1.807) is 0 Å². The first-order chi connectivity index (χ1) is 12.3. The standard InChI is InChI=1S/C19H7F7/c20-9-5-1-3-7-11(8-4-2-6-10(21)15(8)22)13-14(12(7)9)17(24)19(26)18(25)16(13)23/h1-6,11H. The molecule has 0 nitrogen and oxygen atoms in total. The van der Waals surface area contributed by atoms with E-state index in [-0.39, 0.29) is 5.56 Å². The third-order valence-corrected chi connectivity index (χ3v) is 4.49. The van der Waals surface area contributed by atoms with Gasteiger partial charge in [0, 0.05) is 28.2 Å². The van der Waals surface area contributed by atoms with E-state index < -0.39 is 68.9 Å². The molecule has 0 spiro atoms. The molecule has 1 atom stereocenters. The Bertz CT molecular complexity index is 1070. The molecule has 0 fully saturated rings. The maximum absolute atomic E-state index is 14.5. The average molecular weight is 368 g/mol. The number of hydrogen-bond acceptors (Lipinski definition) is 0. The Hall–Kier alpha value is -2.83. The maximum Gasteiger partial charge on any atom is 0.198 e. The fourth-order valence-electron chi connectivity index (χ4n) is 3.43. The number of benzene rings is 3. The van der Waals surface area contributed by atoms with Gasteiger partial charge in [-0.25, -0.2) is 30.7 Å². The zero-order valence-electron chi connectivity index (χ0n) is 12.7. The quantitative estimate of drug-likeness (QED) is 0.226. The SMILES string of the molecule is Fc1cccc(C2c3cccc(F)c3-c3c(F)c(F)c(F)c(F)c32)c1F. The largest absolute Gasteiger partial charge is 0.206 e. The Morgan fingerprint density at radius 1 is 0.500 bits per heavy atom. The van der Waals surface area contributed by atoms with Crippen LogP contribution in [0.5, 0.6) is 0 Å². The first-order valence-corrected chi connectivity index (χ1v) is 7.43. The van der Waals surface area contributed by atoms with Crippen molar-refractivity contribution in [1.29, 1.82) is 0 Å². The molecular weight excluding hydrogens is 361 g/mol. The third-order valence-electron chi connectivity index (χ3n) is 4.49. The lowest BCUT2D eigenvalue weighted by atomic mass is 9.88. The van der Waals surface area contributed by atoms with Gasteiger partial charge < -0.3 is 0 Å². The minimum Gasteiger partial charge on any atom is -0.206 e. The number of hydrogen-bond donors (Lipinski definition) is 0. The lowest BCUT2D eigenvalue weighted by molar-refractivity contribution is 0.405. The number of fused-ring (bicyclic) bond motifs is 3. The Labute approximate surface area is 142 Å². The summed E-state index contributed by atoms with van der Waals surface area (Å²) in [7, 11) is 0. The molecule has 1 aliphatic rings. The van der Waals surface area contributed by atoms with E-state index in [4.69, 9.17) is 0 Å². The number of rotatable bonds is 1. The van der Waals surface area contributed by atoms with Gasteiger partial charge in [-0.2, -0.15) is 0 Å². The van der Waals surface area contributed by atoms with E-state index in [1.165, 1.54) is 12.1 Å². The van der Waals surface area contributed by atoms with E-state index in [0.717, 1.165) is 24.3 Å². The van der Waals surface area contributed by atoms with Crippen LogP contribution in [0.2, 0.25) is 0 Å². The molecule has 0 heterocycles. The van der Waals surface area contributed by atoms with Crippen LogP contribution >= 0.6 is 0 Å². The maximum atomic E-state index is 14.5. The normalized spacial score (nSPS) is 15.1. The lowest BCUT2D eigenvalue weighted by Gasteiger charge is -2.16. The summed E-state index contributed by atoms with van der Waals surface area (Å²) in [6, 6.07) is 6.38. The minimum absolute atomic E-state index is 0.118. The van der Waals surface area contributed by atoms with Crippen molar-refractivity contribution in [3.8, 4) is 11.1 Å². The summed E-state index contributed by atoms with van der Waals surface area (Å²) in [4.78, 5) is 0. The molecule has 4 rings (SSSR count). The predicted molar refractivity (Wildman–Crippen MR) is 79.0 cm³/mol. The fourth-order valence-corrected chi connectivity index (χ4v) is 3.43. The van der Waals surface area contributed by atoms with E-state index >= 15 is 0 Å². The summed E-state index contributed by atoms with van der Waals surface area (Å²) in [5.74, 6) is -13.0. The molecule has 0 saturated carbocycles. The van der Waals surface area contributed by atoms with E-state index in [0.29, 0.717) is 0 Å². The van der Waals surface area contributed by atoms with Crippen molar-refractivity contribution in [2.45, 2.75) is 5.92 Å². The summed E-state index contributed by atoms with van der Waals surface area (Å²) in [6.45, 7) is 0. The molecule has 1 aliphatic carbocycles. The van der Waals surface area contributed by atoms with Crippen LogP contribution in [-0.2, 0) is 0 Å². The van der Waals surface area contributed by atoms with Gasteiger partial charge in [0.2, 0.25) is 0 Å². The van der Waals surface area contributed by atoms with Gasteiger partial charge in [-0.05, 0) is 17.7 Å². The molecule has 0 radical (unpaired) electrons. The van der Waals surface area contributed by atoms with Gasteiger partial charge in [0.15, 0.2) is 34.9 Å². The molecule has 132 valence electrons. The van der Waals surface area contributed by atoms with Crippen LogP contribution in [0.3, 0.4) is 0 Å². The highest BCUT2D eigenvalue weighted by molar-refractivity contribution is 5.82. The molecule has 3 aromatic carbocycles. The van der Waals surface area contributed by atoms with Crippen molar-refractivity contribution in [3.63, 3.8) is 0 Å². The molecular formula is C19H7F7. The van der Waals surface area contributed by atoms with E-state index in [9.17, 15) is 30.7 Å². The highest BCUT2D eigenvalue weighted by Crippen LogP contribution is 2.52. The molecule has 0 amide bonds. The van der Waals surface area contributed by atoms with Gasteiger partial charge in [-0.1, -0.05) is 24.3 Å². The molecule has 3 aromatic rings. The summed E-state index contributed by atoms with van der Waals surface area (Å²) in [5.41, 5.74) is -2.67. The topological polar surface area (TPSA) is 0 Å². The summed E-state index contributed by atoms with van der Waals surface area (Å²) < 4.78 is 98.6. The molecule has 0 aliphatic heterocycles. The second-order valence-electron chi connectivity index (χ2n) is 5.82. The van der Waals surface area contributed by atoms with Crippen LogP contribution < -0.4 is 0 Å². The zero-order valence-corrected chi connectivity index (χ0v) is 12.7. The molecule has 1 unspecified atom stereocenters. The van der Waals surface area contributed by atoms with Gasteiger partial charge in [-0.3, -0.25) is 0 Å². The summed E-state index contributed by atoms with van der Waals surface area (Å²) in [5, 5.41) is 0. The first-order valence-electron chi connectivity index (χ1n) is 7.43. The van der Waals surface area contributed by atoms with Gasteiger partial charge in [0.05, 0.1) is 0 Å². The molecule has 0 bridgehead atoms. The molecule has 0 saturated heterocycles. The van der Waals surface area contributed by atoms with E-state index in [2.05, 4.69) is 0 Å². The van der Waals surface area contributed by atoms with Crippen molar-refractivity contribution >= 4 is 0 Å². The summed E-state index contributed by atoms with van der Waals surface area (Å²) in [6.07, 6.45) is 0. The second-order valence-corrected chi connectivity index (χ2v) is 5.82. The Balaban J connectivity index is 2.18. The molecule has 0 N–H and O–H groups in total. The fraction of sp³-hybridized carbons (Fsp3) is 0.0526. The number of halogens is 7. The predicted octanol–water partition coefficient (Wildman–Crippen LogP) is 5.82. The van der Waals surface area contributed by atoms with Crippen LogP contribution in [0.4, 0.5) is 30.7 Å². The van der Waals surface area contributed by atoms with Crippen LogP contribution in [0.1, 0.15) is 22.6 Å². The lowest BCUT2D eigenvalue weighted by Crippen LogP contribution is -2.09. The molecule has 7 heteroatoms. The van der Waals surface area contributed by atoms with Crippen LogP contribution in [0, 0.1) is 40.7 Å². The van der Waals surface area contributed by atoms with Crippen molar-refractivity contribution in [3.05, 3.63) is 93.8 Å². The first kappa shape index (κ1) is 16.6. The van der Waals surface area contributed by atoms with Crippen molar-refractivity contribution in [2.24, 2.45) is 0 Å². The molecule has 0 aromatic heterocycles. The Kier molecular flexibility index (Phi) is 3.57. The highest BCUT2D eigenvalue weighted by atomic mass is 19.2. The monoisotopic (exact) mass is 368 g/mol. The van der Waals surface area contributed by atoms with Crippen molar-refractivity contribution in [1.82, 2.24) is 0 Å². The van der Waals surface area contributed by atoms with Gasteiger partial charge in [0.25, 0.3) is 0 Å².